The lowest BCUT2D eigenvalue weighted by molar-refractivity contribution is 0.818. The minimum atomic E-state index is -0.111. The van der Waals surface area contributed by atoms with Crippen molar-refractivity contribution in [3.05, 3.63) is 34.2 Å². The normalized spacial score (nSPS) is 9.00. The van der Waals surface area contributed by atoms with Crippen molar-refractivity contribution in [1.82, 2.24) is 10.3 Å². The van der Waals surface area contributed by atoms with E-state index in [-0.39, 0.29) is 5.56 Å². The molecular weight excluding hydrogens is 164 g/mol. The molecule has 2 N–H and O–H groups in total. The first-order chi connectivity index (χ1) is 6.33. The fourth-order valence-electron chi connectivity index (χ4n) is 0.874. The van der Waals surface area contributed by atoms with Gasteiger partial charge in [-0.2, -0.15) is 0 Å². The van der Waals surface area contributed by atoms with Crippen molar-refractivity contribution in [2.75, 3.05) is 13.6 Å². The molecule has 0 aliphatic rings. The molecule has 0 unspecified atom stereocenters. The van der Waals surface area contributed by atoms with Crippen molar-refractivity contribution in [3.63, 3.8) is 0 Å². The molecule has 68 valence electrons. The Morgan fingerprint density at radius 1 is 1.62 bits per heavy atom. The van der Waals surface area contributed by atoms with Crippen LogP contribution in [0.2, 0.25) is 0 Å². The minimum absolute atomic E-state index is 0.111. The second-order valence-electron chi connectivity index (χ2n) is 2.60. The molecule has 1 heterocycles. The Hall–Kier alpha value is -1.53. The molecule has 13 heavy (non-hydrogen) atoms. The zero-order valence-electron chi connectivity index (χ0n) is 7.55. The van der Waals surface area contributed by atoms with Crippen LogP contribution in [-0.4, -0.2) is 18.6 Å². The number of aromatic amines is 1. The summed E-state index contributed by atoms with van der Waals surface area (Å²) in [4.78, 5) is 13.4. The van der Waals surface area contributed by atoms with E-state index in [2.05, 4.69) is 22.1 Å². The fourth-order valence-corrected chi connectivity index (χ4v) is 0.874. The second-order valence-corrected chi connectivity index (χ2v) is 2.60. The summed E-state index contributed by atoms with van der Waals surface area (Å²) in [5, 5.41) is 2.99. The van der Waals surface area contributed by atoms with Gasteiger partial charge in [-0.3, -0.25) is 4.79 Å². The molecule has 0 spiro atoms. The van der Waals surface area contributed by atoms with E-state index in [1.54, 1.807) is 12.3 Å². The number of hydrogen-bond acceptors (Lipinski definition) is 2. The predicted octanol–water partition coefficient (Wildman–Crippen LogP) is 0.336. The summed E-state index contributed by atoms with van der Waals surface area (Å²) in [5.41, 5.74) is 0.653. The lowest BCUT2D eigenvalue weighted by Crippen LogP contribution is -2.06. The standard InChI is InChI=1S/C10H12N2O/c1-11-6-3-2-4-9-5-7-12-10(13)8-9/h5,7-8,11H,3,6H2,1H3,(H,12,13). The van der Waals surface area contributed by atoms with Crippen LogP contribution in [-0.2, 0) is 0 Å². The van der Waals surface area contributed by atoms with Crippen LogP contribution in [0, 0.1) is 11.8 Å². The second kappa shape index (κ2) is 5.18. The highest BCUT2D eigenvalue weighted by atomic mass is 16.1. The van der Waals surface area contributed by atoms with Crippen LogP contribution < -0.4 is 10.9 Å². The average Bonchev–Trinajstić information content (AvgIpc) is 2.13. The van der Waals surface area contributed by atoms with Gasteiger partial charge in [-0.25, -0.2) is 0 Å². The molecule has 0 aliphatic carbocycles. The van der Waals surface area contributed by atoms with Crippen LogP contribution in [0.3, 0.4) is 0 Å². The van der Waals surface area contributed by atoms with Gasteiger partial charge in [-0.05, 0) is 13.1 Å². The zero-order chi connectivity index (χ0) is 9.52. The molecular formula is C10H12N2O. The van der Waals surface area contributed by atoms with Crippen LogP contribution in [0.1, 0.15) is 12.0 Å². The van der Waals surface area contributed by atoms with E-state index in [1.807, 2.05) is 7.05 Å². The quantitative estimate of drug-likeness (QED) is 0.504. The zero-order valence-corrected chi connectivity index (χ0v) is 7.55. The van der Waals surface area contributed by atoms with Crippen LogP contribution in [0.15, 0.2) is 23.1 Å². The molecule has 1 rings (SSSR count). The summed E-state index contributed by atoms with van der Waals surface area (Å²) in [6, 6.07) is 3.28. The molecule has 1 aromatic rings. The van der Waals surface area contributed by atoms with Gasteiger partial charge in [-0.15, -0.1) is 0 Å². The monoisotopic (exact) mass is 176 g/mol. The Bertz CT molecular complexity index is 370. The third kappa shape index (κ3) is 3.59. The van der Waals surface area contributed by atoms with Gasteiger partial charge in [0.15, 0.2) is 0 Å². The topological polar surface area (TPSA) is 44.9 Å². The van der Waals surface area contributed by atoms with Gasteiger partial charge in [0, 0.05) is 30.8 Å². The predicted molar refractivity (Wildman–Crippen MR) is 52.5 cm³/mol. The highest BCUT2D eigenvalue weighted by Gasteiger charge is 1.85. The molecule has 0 bridgehead atoms. The lowest BCUT2D eigenvalue weighted by Gasteiger charge is -1.88. The molecule has 0 aromatic carbocycles. The Labute approximate surface area is 77.2 Å². The Kier molecular flexibility index (Phi) is 3.80. The first-order valence-corrected chi connectivity index (χ1v) is 4.15. The van der Waals surface area contributed by atoms with Gasteiger partial charge in [0.2, 0.25) is 5.56 Å². The largest absolute Gasteiger partial charge is 0.329 e. The smallest absolute Gasteiger partial charge is 0.249 e. The van der Waals surface area contributed by atoms with Crippen molar-refractivity contribution in [2.24, 2.45) is 0 Å². The molecule has 0 saturated carbocycles. The van der Waals surface area contributed by atoms with Crippen molar-refractivity contribution in [1.29, 1.82) is 0 Å². The molecule has 0 fully saturated rings. The van der Waals surface area contributed by atoms with Gasteiger partial charge < -0.3 is 10.3 Å². The molecule has 3 heteroatoms. The van der Waals surface area contributed by atoms with Crippen molar-refractivity contribution < 1.29 is 0 Å². The van der Waals surface area contributed by atoms with Crippen molar-refractivity contribution >= 4 is 0 Å². The lowest BCUT2D eigenvalue weighted by atomic mass is 10.2. The molecule has 1 aromatic heterocycles. The number of rotatable bonds is 2. The van der Waals surface area contributed by atoms with E-state index >= 15 is 0 Å². The summed E-state index contributed by atoms with van der Waals surface area (Å²) in [7, 11) is 1.88. The number of H-pyrrole nitrogens is 1. The number of nitrogens with one attached hydrogen (secondary N) is 2. The Balaban J connectivity index is 2.61. The van der Waals surface area contributed by atoms with Gasteiger partial charge in [0.25, 0.3) is 0 Å². The van der Waals surface area contributed by atoms with Crippen molar-refractivity contribution in [3.8, 4) is 11.8 Å². The minimum Gasteiger partial charge on any atom is -0.329 e. The SMILES string of the molecule is CNCCC#Cc1cc[nH]c(=O)c1. The van der Waals surface area contributed by atoms with Crippen LogP contribution >= 0.6 is 0 Å². The third-order valence-electron chi connectivity index (χ3n) is 1.51. The van der Waals surface area contributed by atoms with E-state index in [9.17, 15) is 4.79 Å². The fraction of sp³-hybridized carbons (Fsp3) is 0.300. The summed E-state index contributed by atoms with van der Waals surface area (Å²) >= 11 is 0. The maximum atomic E-state index is 10.8. The summed E-state index contributed by atoms with van der Waals surface area (Å²) in [5.74, 6) is 5.87. The molecule has 0 amide bonds. The van der Waals surface area contributed by atoms with E-state index in [0.29, 0.717) is 0 Å². The summed E-state index contributed by atoms with van der Waals surface area (Å²) < 4.78 is 0. The Morgan fingerprint density at radius 3 is 3.15 bits per heavy atom. The molecule has 3 nitrogen and oxygen atoms in total. The van der Waals surface area contributed by atoms with Crippen LogP contribution in [0.4, 0.5) is 0 Å². The molecule has 0 atom stereocenters. The highest BCUT2D eigenvalue weighted by molar-refractivity contribution is 5.31. The van der Waals surface area contributed by atoms with Crippen LogP contribution in [0.5, 0.6) is 0 Å². The van der Waals surface area contributed by atoms with Gasteiger partial charge in [0.1, 0.15) is 0 Å². The van der Waals surface area contributed by atoms with E-state index in [4.69, 9.17) is 0 Å². The maximum Gasteiger partial charge on any atom is 0.249 e. The highest BCUT2D eigenvalue weighted by Crippen LogP contribution is 1.88. The van der Waals surface area contributed by atoms with E-state index in [0.717, 1.165) is 18.5 Å². The van der Waals surface area contributed by atoms with Crippen molar-refractivity contribution in [2.45, 2.75) is 6.42 Å². The summed E-state index contributed by atoms with van der Waals surface area (Å²) in [6.45, 7) is 0.871. The Morgan fingerprint density at radius 2 is 2.46 bits per heavy atom. The van der Waals surface area contributed by atoms with E-state index in [1.165, 1.54) is 6.07 Å². The molecule has 0 radical (unpaired) electrons. The van der Waals surface area contributed by atoms with Crippen LogP contribution in [0.25, 0.3) is 0 Å². The molecule has 0 saturated heterocycles. The first-order valence-electron chi connectivity index (χ1n) is 4.15. The van der Waals surface area contributed by atoms with Gasteiger partial charge >= 0.3 is 0 Å². The third-order valence-corrected chi connectivity index (χ3v) is 1.51. The van der Waals surface area contributed by atoms with Gasteiger partial charge in [-0.1, -0.05) is 11.8 Å². The van der Waals surface area contributed by atoms with Gasteiger partial charge in [0.05, 0.1) is 0 Å². The maximum absolute atomic E-state index is 10.8. The first kappa shape index (κ1) is 9.56. The average molecular weight is 176 g/mol. The van der Waals surface area contributed by atoms with E-state index < -0.39 is 0 Å². The number of aromatic nitrogens is 1. The number of hydrogen-bond donors (Lipinski definition) is 2. The summed E-state index contributed by atoms with van der Waals surface area (Å²) in [6.07, 6.45) is 2.40. The molecule has 0 aliphatic heterocycles. The number of pyridine rings is 1.